The molecule has 0 spiro atoms. The van der Waals surface area contributed by atoms with Crippen molar-refractivity contribution in [1.29, 1.82) is 0 Å². The molecule has 0 bridgehead atoms. The maximum atomic E-state index is 11.8. The van der Waals surface area contributed by atoms with Crippen LogP contribution in [0.3, 0.4) is 0 Å². The number of hydrogen-bond donors (Lipinski definition) is 0. The summed E-state index contributed by atoms with van der Waals surface area (Å²) in [6.45, 7) is 0. The van der Waals surface area contributed by atoms with Crippen LogP contribution in [0.15, 0.2) is 47.1 Å². The summed E-state index contributed by atoms with van der Waals surface area (Å²) in [5.74, 6) is 0.0491. The van der Waals surface area contributed by atoms with Crippen molar-refractivity contribution < 1.29 is 4.79 Å². The molecular weight excluding hydrogens is 268 g/mol. The summed E-state index contributed by atoms with van der Waals surface area (Å²) in [6, 6.07) is 10.9. The molecule has 0 amide bonds. The lowest BCUT2D eigenvalue weighted by atomic mass is 10.1. The van der Waals surface area contributed by atoms with Gasteiger partial charge in [-0.15, -0.1) is 0 Å². The number of benzene rings is 1. The third-order valence-electron chi connectivity index (χ3n) is 2.14. The van der Waals surface area contributed by atoms with Gasteiger partial charge >= 0.3 is 0 Å². The molecule has 3 nitrogen and oxygen atoms in total. The highest BCUT2D eigenvalue weighted by Gasteiger charge is 2.07. The van der Waals surface area contributed by atoms with Gasteiger partial charge in [-0.2, -0.15) is 10.2 Å². The zero-order valence-corrected chi connectivity index (χ0v) is 10.0. The topological polar surface area (TPSA) is 42.9 Å². The summed E-state index contributed by atoms with van der Waals surface area (Å²) in [6.07, 6.45) is 1.88. The van der Waals surface area contributed by atoms with Crippen LogP contribution in [0.25, 0.3) is 0 Å². The molecular formula is C12H9BrN2O. The highest BCUT2D eigenvalue weighted by molar-refractivity contribution is 9.10. The first-order valence-corrected chi connectivity index (χ1v) is 5.60. The minimum Gasteiger partial charge on any atom is -0.294 e. The smallest absolute Gasteiger partial charge is 0.168 e. The van der Waals surface area contributed by atoms with Gasteiger partial charge in [0.05, 0.1) is 12.1 Å². The minimum atomic E-state index is 0.0491. The summed E-state index contributed by atoms with van der Waals surface area (Å²) in [4.78, 5) is 11.8. The third-order valence-corrected chi connectivity index (χ3v) is 2.66. The Bertz CT molecular complexity index is 482. The van der Waals surface area contributed by atoms with Crippen molar-refractivity contribution in [3.8, 4) is 0 Å². The van der Waals surface area contributed by atoms with E-state index in [9.17, 15) is 4.79 Å². The number of ketones is 1. The summed E-state index contributed by atoms with van der Waals surface area (Å²) < 4.78 is 0.962. The summed E-state index contributed by atoms with van der Waals surface area (Å²) in [5, 5.41) is 7.62. The SMILES string of the molecule is O=C(Cc1cccnn1)c1ccc(Br)cc1. The molecule has 0 saturated carbocycles. The first-order chi connectivity index (χ1) is 7.75. The minimum absolute atomic E-state index is 0.0491. The molecule has 4 heteroatoms. The van der Waals surface area contributed by atoms with E-state index >= 15 is 0 Å². The fourth-order valence-electron chi connectivity index (χ4n) is 1.33. The van der Waals surface area contributed by atoms with Crippen LogP contribution in [0.5, 0.6) is 0 Å². The first-order valence-electron chi connectivity index (χ1n) is 4.81. The Morgan fingerprint density at radius 1 is 1.19 bits per heavy atom. The van der Waals surface area contributed by atoms with E-state index in [0.29, 0.717) is 11.3 Å². The van der Waals surface area contributed by atoms with Crippen LogP contribution in [0, 0.1) is 0 Å². The summed E-state index contributed by atoms with van der Waals surface area (Å²) in [5.41, 5.74) is 1.38. The second kappa shape index (κ2) is 4.99. The van der Waals surface area contributed by atoms with E-state index in [1.54, 1.807) is 30.5 Å². The molecule has 1 aromatic heterocycles. The lowest BCUT2D eigenvalue weighted by Crippen LogP contribution is -2.05. The van der Waals surface area contributed by atoms with E-state index in [1.807, 2.05) is 12.1 Å². The average Bonchev–Trinajstić information content (AvgIpc) is 2.31. The molecule has 0 unspecified atom stereocenters. The molecule has 0 fully saturated rings. The van der Waals surface area contributed by atoms with Crippen LogP contribution >= 0.6 is 15.9 Å². The van der Waals surface area contributed by atoms with Crippen LogP contribution in [-0.4, -0.2) is 16.0 Å². The van der Waals surface area contributed by atoms with Gasteiger partial charge in [0.1, 0.15) is 0 Å². The molecule has 0 atom stereocenters. The Balaban J connectivity index is 2.12. The lowest BCUT2D eigenvalue weighted by molar-refractivity contribution is 0.0991. The van der Waals surface area contributed by atoms with Crippen molar-refractivity contribution in [2.45, 2.75) is 6.42 Å². The first kappa shape index (κ1) is 11.0. The van der Waals surface area contributed by atoms with E-state index in [1.165, 1.54) is 0 Å². The van der Waals surface area contributed by atoms with Crippen LogP contribution < -0.4 is 0 Å². The van der Waals surface area contributed by atoms with Crippen LogP contribution in [0.1, 0.15) is 16.1 Å². The molecule has 1 heterocycles. The Hall–Kier alpha value is -1.55. The van der Waals surface area contributed by atoms with Crippen molar-refractivity contribution in [3.05, 3.63) is 58.3 Å². The van der Waals surface area contributed by atoms with E-state index in [2.05, 4.69) is 26.1 Å². The molecule has 2 rings (SSSR count). The molecule has 0 saturated heterocycles. The van der Waals surface area contributed by atoms with Crippen LogP contribution in [0.4, 0.5) is 0 Å². The lowest BCUT2D eigenvalue weighted by Gasteiger charge is -2.00. The number of carbonyl (C=O) groups excluding carboxylic acids is 1. The molecule has 0 radical (unpaired) electrons. The number of rotatable bonds is 3. The highest BCUT2D eigenvalue weighted by Crippen LogP contribution is 2.12. The van der Waals surface area contributed by atoms with E-state index in [-0.39, 0.29) is 12.2 Å². The Morgan fingerprint density at radius 2 is 1.94 bits per heavy atom. The Morgan fingerprint density at radius 3 is 2.56 bits per heavy atom. The van der Waals surface area contributed by atoms with Gasteiger partial charge in [0.25, 0.3) is 0 Å². The number of nitrogens with zero attached hydrogens (tertiary/aromatic N) is 2. The third kappa shape index (κ3) is 2.73. The highest BCUT2D eigenvalue weighted by atomic mass is 79.9. The van der Waals surface area contributed by atoms with Crippen molar-refractivity contribution in [3.63, 3.8) is 0 Å². The predicted octanol–water partition coefficient (Wildman–Crippen LogP) is 2.66. The van der Waals surface area contributed by atoms with Gasteiger partial charge in [0.2, 0.25) is 0 Å². The fraction of sp³-hybridized carbons (Fsp3) is 0.0833. The maximum Gasteiger partial charge on any atom is 0.168 e. The molecule has 1 aromatic carbocycles. The molecule has 2 aromatic rings. The Kier molecular flexibility index (Phi) is 3.41. The number of hydrogen-bond acceptors (Lipinski definition) is 3. The number of Topliss-reactive ketones (excluding diaryl/α,β-unsaturated/α-hetero) is 1. The van der Waals surface area contributed by atoms with E-state index in [0.717, 1.165) is 4.47 Å². The van der Waals surface area contributed by atoms with Gasteiger partial charge in [0.15, 0.2) is 5.78 Å². The summed E-state index contributed by atoms with van der Waals surface area (Å²) >= 11 is 3.33. The number of halogens is 1. The molecule has 16 heavy (non-hydrogen) atoms. The monoisotopic (exact) mass is 276 g/mol. The van der Waals surface area contributed by atoms with E-state index in [4.69, 9.17) is 0 Å². The quantitative estimate of drug-likeness (QED) is 0.810. The van der Waals surface area contributed by atoms with Gasteiger partial charge in [-0.1, -0.05) is 28.1 Å². The van der Waals surface area contributed by atoms with Crippen LogP contribution in [-0.2, 0) is 6.42 Å². The van der Waals surface area contributed by atoms with Crippen molar-refractivity contribution in [2.24, 2.45) is 0 Å². The van der Waals surface area contributed by atoms with Crippen LogP contribution in [0.2, 0.25) is 0 Å². The summed E-state index contributed by atoms with van der Waals surface area (Å²) in [7, 11) is 0. The van der Waals surface area contributed by atoms with Crippen molar-refractivity contribution in [1.82, 2.24) is 10.2 Å². The van der Waals surface area contributed by atoms with Gasteiger partial charge in [0, 0.05) is 16.2 Å². The second-order valence-corrected chi connectivity index (χ2v) is 4.24. The maximum absolute atomic E-state index is 11.8. The van der Waals surface area contributed by atoms with Crippen molar-refractivity contribution in [2.75, 3.05) is 0 Å². The molecule has 0 aliphatic rings. The molecule has 0 N–H and O–H groups in total. The van der Waals surface area contributed by atoms with Crippen molar-refractivity contribution >= 4 is 21.7 Å². The average molecular weight is 277 g/mol. The predicted molar refractivity (Wildman–Crippen MR) is 64.2 cm³/mol. The standard InChI is InChI=1S/C12H9BrN2O/c13-10-5-3-9(4-6-10)12(16)8-11-2-1-7-14-15-11/h1-7H,8H2. The zero-order valence-electron chi connectivity index (χ0n) is 8.43. The van der Waals surface area contributed by atoms with Gasteiger partial charge in [-0.25, -0.2) is 0 Å². The largest absolute Gasteiger partial charge is 0.294 e. The molecule has 80 valence electrons. The van der Waals surface area contributed by atoms with Gasteiger partial charge < -0.3 is 0 Å². The second-order valence-electron chi connectivity index (χ2n) is 3.32. The fourth-order valence-corrected chi connectivity index (χ4v) is 1.59. The Labute approximate surface area is 102 Å². The molecule has 0 aliphatic carbocycles. The number of carbonyl (C=O) groups is 1. The number of aromatic nitrogens is 2. The zero-order chi connectivity index (χ0) is 11.4. The molecule has 0 aliphatic heterocycles. The van der Waals surface area contributed by atoms with Gasteiger partial charge in [-0.3, -0.25) is 4.79 Å². The normalized spacial score (nSPS) is 10.1. The van der Waals surface area contributed by atoms with E-state index < -0.39 is 0 Å². The van der Waals surface area contributed by atoms with Gasteiger partial charge in [-0.05, 0) is 24.3 Å².